The second kappa shape index (κ2) is 8.67. The molecular formula is C21H31N3O2. The van der Waals surface area contributed by atoms with E-state index in [2.05, 4.69) is 17.1 Å². The van der Waals surface area contributed by atoms with Crippen LogP contribution >= 0.6 is 0 Å². The van der Waals surface area contributed by atoms with Crippen LogP contribution in [-0.2, 0) is 16.0 Å². The fraction of sp³-hybridized carbons (Fsp3) is 0.619. The van der Waals surface area contributed by atoms with E-state index in [9.17, 15) is 9.59 Å². The highest BCUT2D eigenvalue weighted by atomic mass is 16.2. The number of amides is 2. The molecule has 0 saturated carbocycles. The van der Waals surface area contributed by atoms with Crippen molar-refractivity contribution in [3.05, 3.63) is 29.8 Å². The zero-order valence-electron chi connectivity index (χ0n) is 16.0. The van der Waals surface area contributed by atoms with Gasteiger partial charge < -0.3 is 10.2 Å². The molecule has 0 unspecified atom stereocenters. The van der Waals surface area contributed by atoms with E-state index in [0.717, 1.165) is 24.2 Å². The van der Waals surface area contributed by atoms with Crippen LogP contribution in [-0.4, -0.2) is 48.4 Å². The summed E-state index contributed by atoms with van der Waals surface area (Å²) in [5.74, 6) is -0.115. The van der Waals surface area contributed by atoms with Gasteiger partial charge in [-0.05, 0) is 43.9 Å². The zero-order valence-corrected chi connectivity index (χ0v) is 16.0. The van der Waals surface area contributed by atoms with E-state index in [1.165, 1.54) is 39.2 Å². The fourth-order valence-corrected chi connectivity index (χ4v) is 4.41. The van der Waals surface area contributed by atoms with Crippen LogP contribution in [0.3, 0.4) is 0 Å². The third-order valence-corrected chi connectivity index (χ3v) is 5.76. The van der Waals surface area contributed by atoms with Crippen LogP contribution < -0.4 is 10.2 Å². The molecule has 0 bridgehead atoms. The van der Waals surface area contributed by atoms with E-state index in [4.69, 9.17) is 0 Å². The lowest BCUT2D eigenvalue weighted by atomic mass is 10.00. The number of likely N-dealkylation sites (tertiary alicyclic amines) is 1. The van der Waals surface area contributed by atoms with Crippen molar-refractivity contribution in [2.24, 2.45) is 0 Å². The van der Waals surface area contributed by atoms with Crippen molar-refractivity contribution < 1.29 is 9.59 Å². The smallest absolute Gasteiger partial charge is 0.243 e. The second-order valence-corrected chi connectivity index (χ2v) is 7.48. The summed E-state index contributed by atoms with van der Waals surface area (Å²) in [6.07, 6.45) is 6.70. The second-order valence-electron chi connectivity index (χ2n) is 7.48. The van der Waals surface area contributed by atoms with Crippen molar-refractivity contribution in [1.29, 1.82) is 0 Å². The maximum atomic E-state index is 12.7. The van der Waals surface area contributed by atoms with E-state index in [0.29, 0.717) is 19.0 Å². The molecule has 1 aromatic rings. The van der Waals surface area contributed by atoms with Crippen LogP contribution in [0, 0.1) is 0 Å². The van der Waals surface area contributed by atoms with Gasteiger partial charge >= 0.3 is 0 Å². The first-order chi connectivity index (χ1) is 12.6. The number of hydrogen-bond acceptors (Lipinski definition) is 3. The predicted molar refractivity (Wildman–Crippen MR) is 104 cm³/mol. The third-order valence-electron chi connectivity index (χ3n) is 5.76. The standard InChI is InChI=1S/C21H31N3O2/c1-3-18-10-6-7-13-23(18)14-8-12-22-21(26)20-15-17-9-4-5-11-19(17)24(20)16(2)25/h4-5,9,11,18,20H,3,6-8,10,12-15H2,1-2H3,(H,22,26)/t18-,20+/m1/s1. The fourth-order valence-electron chi connectivity index (χ4n) is 4.41. The summed E-state index contributed by atoms with van der Waals surface area (Å²) in [6.45, 7) is 6.69. The van der Waals surface area contributed by atoms with Crippen LogP contribution in [0.2, 0.25) is 0 Å². The first-order valence-electron chi connectivity index (χ1n) is 10.0. The van der Waals surface area contributed by atoms with Gasteiger partial charge in [0.25, 0.3) is 0 Å². The number of rotatable bonds is 6. The Bertz CT molecular complexity index is 646. The van der Waals surface area contributed by atoms with Gasteiger partial charge in [0.05, 0.1) is 0 Å². The van der Waals surface area contributed by atoms with Crippen LogP contribution in [0.25, 0.3) is 0 Å². The first kappa shape index (κ1) is 18.9. The lowest BCUT2D eigenvalue weighted by molar-refractivity contribution is -0.125. The molecule has 2 amide bonds. The van der Waals surface area contributed by atoms with Gasteiger partial charge in [-0.1, -0.05) is 31.5 Å². The van der Waals surface area contributed by atoms with Gasteiger partial charge in [0.15, 0.2) is 0 Å². The van der Waals surface area contributed by atoms with Gasteiger partial charge in [-0.2, -0.15) is 0 Å². The molecule has 26 heavy (non-hydrogen) atoms. The van der Waals surface area contributed by atoms with E-state index in [1.54, 1.807) is 4.90 Å². The Morgan fingerprint density at radius 2 is 2.04 bits per heavy atom. The Hall–Kier alpha value is -1.88. The molecule has 0 aromatic heterocycles. The van der Waals surface area contributed by atoms with Crippen molar-refractivity contribution in [2.75, 3.05) is 24.5 Å². The lowest BCUT2D eigenvalue weighted by Crippen LogP contribution is -2.48. The van der Waals surface area contributed by atoms with Gasteiger partial charge in [0.2, 0.25) is 11.8 Å². The van der Waals surface area contributed by atoms with Crippen molar-refractivity contribution in [1.82, 2.24) is 10.2 Å². The molecule has 2 aliphatic heterocycles. The number of nitrogens with zero attached hydrogens (tertiary/aromatic N) is 2. The van der Waals surface area contributed by atoms with E-state index >= 15 is 0 Å². The number of piperidine rings is 1. The molecule has 5 heteroatoms. The van der Waals surface area contributed by atoms with Gasteiger partial charge in [-0.15, -0.1) is 0 Å². The molecule has 1 fully saturated rings. The van der Waals surface area contributed by atoms with E-state index in [1.807, 2.05) is 24.3 Å². The summed E-state index contributed by atoms with van der Waals surface area (Å²) in [5.41, 5.74) is 1.95. The van der Waals surface area contributed by atoms with Crippen LogP contribution in [0.15, 0.2) is 24.3 Å². The molecule has 1 saturated heterocycles. The SMILES string of the molecule is CC[C@@H]1CCCCN1CCCNC(=O)[C@@H]1Cc2ccccc2N1C(C)=O. The third kappa shape index (κ3) is 4.09. The topological polar surface area (TPSA) is 52.7 Å². The quantitative estimate of drug-likeness (QED) is 0.797. The maximum Gasteiger partial charge on any atom is 0.243 e. The Kier molecular flexibility index (Phi) is 6.30. The number of hydrogen-bond donors (Lipinski definition) is 1. The van der Waals surface area contributed by atoms with Gasteiger partial charge in [-0.3, -0.25) is 14.5 Å². The number of fused-ring (bicyclic) bond motifs is 1. The molecule has 0 aliphatic carbocycles. The van der Waals surface area contributed by atoms with Crippen LogP contribution in [0.1, 0.15) is 51.5 Å². The Morgan fingerprint density at radius 3 is 2.81 bits per heavy atom. The van der Waals surface area contributed by atoms with E-state index < -0.39 is 6.04 Å². The highest BCUT2D eigenvalue weighted by Gasteiger charge is 2.36. The van der Waals surface area contributed by atoms with Gasteiger partial charge in [0.1, 0.15) is 6.04 Å². The Labute approximate surface area is 156 Å². The van der Waals surface area contributed by atoms with Gasteiger partial charge in [0, 0.05) is 38.2 Å². The monoisotopic (exact) mass is 357 g/mol. The molecule has 0 spiro atoms. The molecule has 1 N–H and O–H groups in total. The van der Waals surface area contributed by atoms with Crippen molar-refractivity contribution in [2.45, 2.75) is 64.5 Å². The Balaban J connectivity index is 1.50. The van der Waals surface area contributed by atoms with Crippen molar-refractivity contribution >= 4 is 17.5 Å². The van der Waals surface area contributed by atoms with Crippen molar-refractivity contribution in [3.63, 3.8) is 0 Å². The van der Waals surface area contributed by atoms with E-state index in [-0.39, 0.29) is 11.8 Å². The lowest BCUT2D eigenvalue weighted by Gasteiger charge is -2.35. The minimum Gasteiger partial charge on any atom is -0.354 e. The summed E-state index contributed by atoms with van der Waals surface area (Å²) in [7, 11) is 0. The maximum absolute atomic E-state index is 12.7. The normalized spacial score (nSPS) is 22.9. The summed E-state index contributed by atoms with van der Waals surface area (Å²) in [6, 6.07) is 8.09. The average Bonchev–Trinajstić information content (AvgIpc) is 3.05. The highest BCUT2D eigenvalue weighted by molar-refractivity contribution is 6.02. The molecule has 2 atom stereocenters. The predicted octanol–water partition coefficient (Wildman–Crippen LogP) is 2.74. The number of benzene rings is 1. The number of nitrogens with one attached hydrogen (secondary N) is 1. The minimum atomic E-state index is -0.414. The zero-order chi connectivity index (χ0) is 18.5. The van der Waals surface area contributed by atoms with Crippen LogP contribution in [0.4, 0.5) is 5.69 Å². The number of carbonyl (C=O) groups is 2. The molecule has 142 valence electrons. The molecule has 2 aliphatic rings. The Morgan fingerprint density at radius 1 is 1.23 bits per heavy atom. The molecule has 5 nitrogen and oxygen atoms in total. The minimum absolute atomic E-state index is 0.0397. The highest BCUT2D eigenvalue weighted by Crippen LogP contribution is 2.32. The average molecular weight is 357 g/mol. The summed E-state index contributed by atoms with van der Waals surface area (Å²) >= 11 is 0. The number of para-hydroxylation sites is 1. The molecular weight excluding hydrogens is 326 g/mol. The molecule has 0 radical (unpaired) electrons. The van der Waals surface area contributed by atoms with Gasteiger partial charge in [-0.25, -0.2) is 0 Å². The summed E-state index contributed by atoms with van der Waals surface area (Å²) < 4.78 is 0. The first-order valence-corrected chi connectivity index (χ1v) is 10.0. The number of anilines is 1. The van der Waals surface area contributed by atoms with Crippen molar-refractivity contribution in [3.8, 4) is 0 Å². The molecule has 3 rings (SSSR count). The molecule has 2 heterocycles. The largest absolute Gasteiger partial charge is 0.354 e. The number of carbonyl (C=O) groups excluding carboxylic acids is 2. The summed E-state index contributed by atoms with van der Waals surface area (Å²) in [5, 5.41) is 3.06. The summed E-state index contributed by atoms with van der Waals surface area (Å²) in [4.78, 5) is 29.0. The van der Waals surface area contributed by atoms with Crippen LogP contribution in [0.5, 0.6) is 0 Å². The molecule has 1 aromatic carbocycles.